The molecule has 0 bridgehead atoms. The van der Waals surface area contributed by atoms with Crippen molar-refractivity contribution < 1.29 is 4.39 Å². The molecule has 1 aliphatic heterocycles. The number of fused-ring (bicyclic) bond motifs is 1. The lowest BCUT2D eigenvalue weighted by Crippen LogP contribution is -2.24. The third kappa shape index (κ3) is 3.02. The number of anilines is 2. The Balaban J connectivity index is 1.86. The molecule has 0 radical (unpaired) electrons. The molecule has 0 spiro atoms. The molecule has 2 nitrogen and oxygen atoms in total. The van der Waals surface area contributed by atoms with Gasteiger partial charge in [-0.05, 0) is 61.2 Å². The number of hydrogen-bond donors (Lipinski definition) is 1. The van der Waals surface area contributed by atoms with Gasteiger partial charge >= 0.3 is 0 Å². The zero-order valence-corrected chi connectivity index (χ0v) is 12.4. The van der Waals surface area contributed by atoms with Crippen LogP contribution in [-0.2, 0) is 13.0 Å². The van der Waals surface area contributed by atoms with Gasteiger partial charge in [0.2, 0.25) is 0 Å². The van der Waals surface area contributed by atoms with Crippen LogP contribution in [0.2, 0.25) is 0 Å². The average Bonchev–Trinajstić information content (AvgIpc) is 2.54. The quantitative estimate of drug-likeness (QED) is 0.904. The first-order chi connectivity index (χ1) is 10.3. The largest absolute Gasteiger partial charge is 0.385 e. The van der Waals surface area contributed by atoms with Gasteiger partial charge in [0.15, 0.2) is 0 Å². The van der Waals surface area contributed by atoms with Gasteiger partial charge in [0.05, 0.1) is 0 Å². The van der Waals surface area contributed by atoms with Crippen LogP contribution in [0.3, 0.4) is 0 Å². The van der Waals surface area contributed by atoms with E-state index in [4.69, 9.17) is 0 Å². The summed E-state index contributed by atoms with van der Waals surface area (Å²) in [5.41, 5.74) is 5.14. The molecule has 2 aromatic carbocycles. The van der Waals surface area contributed by atoms with E-state index in [0.29, 0.717) is 0 Å². The summed E-state index contributed by atoms with van der Waals surface area (Å²) in [5, 5.41) is 3.47. The lowest BCUT2D eigenvalue weighted by atomic mass is 9.97. The second-order valence-corrected chi connectivity index (χ2v) is 5.46. The topological polar surface area (TPSA) is 15.3 Å². The van der Waals surface area contributed by atoms with E-state index in [9.17, 15) is 4.39 Å². The van der Waals surface area contributed by atoms with Crippen molar-refractivity contribution >= 4 is 11.4 Å². The predicted octanol–water partition coefficient (Wildman–Crippen LogP) is 4.21. The summed E-state index contributed by atoms with van der Waals surface area (Å²) < 4.78 is 13.1. The van der Waals surface area contributed by atoms with Gasteiger partial charge < -0.3 is 10.2 Å². The zero-order chi connectivity index (χ0) is 14.7. The van der Waals surface area contributed by atoms with Crippen LogP contribution < -0.4 is 10.2 Å². The first-order valence-corrected chi connectivity index (χ1v) is 7.63. The van der Waals surface area contributed by atoms with E-state index >= 15 is 0 Å². The number of hydrogen-bond acceptors (Lipinski definition) is 2. The van der Waals surface area contributed by atoms with E-state index in [1.165, 1.54) is 35.4 Å². The molecule has 0 atom stereocenters. The lowest BCUT2D eigenvalue weighted by Gasteiger charge is -2.27. The van der Waals surface area contributed by atoms with Crippen LogP contribution in [-0.4, -0.2) is 13.1 Å². The van der Waals surface area contributed by atoms with Gasteiger partial charge in [-0.25, -0.2) is 4.39 Å². The van der Waals surface area contributed by atoms with Gasteiger partial charge in [-0.3, -0.25) is 0 Å². The van der Waals surface area contributed by atoms with Gasteiger partial charge in [-0.1, -0.05) is 12.1 Å². The predicted molar refractivity (Wildman–Crippen MR) is 86.4 cm³/mol. The molecule has 3 rings (SSSR count). The highest BCUT2D eigenvalue weighted by atomic mass is 19.1. The standard InChI is InChI=1S/C18H21FN2/c1-2-21(16-10-8-15(19)9-11-16)13-14-5-3-7-18-17(14)6-4-12-20-18/h3,5,7-11,20H,2,4,6,12-13H2,1H3. The summed E-state index contributed by atoms with van der Waals surface area (Å²) in [6, 6.07) is 13.2. The molecule has 0 unspecified atom stereocenters. The normalized spacial score (nSPS) is 13.4. The number of nitrogens with zero attached hydrogens (tertiary/aromatic N) is 1. The summed E-state index contributed by atoms with van der Waals surface area (Å²) in [6.45, 7) is 4.97. The van der Waals surface area contributed by atoms with Gasteiger partial charge in [0.1, 0.15) is 5.82 Å². The van der Waals surface area contributed by atoms with E-state index < -0.39 is 0 Å². The SMILES string of the molecule is CCN(Cc1cccc2c1CCCN2)c1ccc(F)cc1. The fourth-order valence-corrected chi connectivity index (χ4v) is 2.98. The molecule has 0 amide bonds. The van der Waals surface area contributed by atoms with E-state index in [1.807, 2.05) is 12.1 Å². The number of nitrogens with one attached hydrogen (secondary N) is 1. The molecule has 110 valence electrons. The Labute approximate surface area is 125 Å². The van der Waals surface area contributed by atoms with Gasteiger partial charge in [0.25, 0.3) is 0 Å². The van der Waals surface area contributed by atoms with Crippen molar-refractivity contribution in [3.63, 3.8) is 0 Å². The van der Waals surface area contributed by atoms with Crippen molar-refractivity contribution in [1.29, 1.82) is 0 Å². The molecule has 0 aromatic heterocycles. The van der Waals surface area contributed by atoms with Crippen molar-refractivity contribution in [3.05, 3.63) is 59.4 Å². The van der Waals surface area contributed by atoms with Crippen molar-refractivity contribution in [2.75, 3.05) is 23.3 Å². The maximum absolute atomic E-state index is 13.1. The maximum Gasteiger partial charge on any atom is 0.123 e. The molecule has 2 aromatic rings. The molecule has 0 saturated heterocycles. The minimum Gasteiger partial charge on any atom is -0.385 e. The molecule has 0 fully saturated rings. The molecule has 1 heterocycles. The molecule has 3 heteroatoms. The number of halogens is 1. The maximum atomic E-state index is 13.1. The summed E-state index contributed by atoms with van der Waals surface area (Å²) in [6.07, 6.45) is 2.33. The van der Waals surface area contributed by atoms with Crippen LogP contribution in [0, 0.1) is 5.82 Å². The summed E-state index contributed by atoms with van der Waals surface area (Å²) in [4.78, 5) is 2.28. The number of benzene rings is 2. The van der Waals surface area contributed by atoms with Gasteiger partial charge in [0, 0.05) is 31.0 Å². The van der Waals surface area contributed by atoms with E-state index in [-0.39, 0.29) is 5.82 Å². The van der Waals surface area contributed by atoms with Crippen molar-refractivity contribution in [1.82, 2.24) is 0 Å². The second-order valence-electron chi connectivity index (χ2n) is 5.46. The Morgan fingerprint density at radius 2 is 1.95 bits per heavy atom. The molecule has 21 heavy (non-hydrogen) atoms. The van der Waals surface area contributed by atoms with Crippen molar-refractivity contribution in [2.45, 2.75) is 26.3 Å². The summed E-state index contributed by atoms with van der Waals surface area (Å²) in [5.74, 6) is -0.184. The highest BCUT2D eigenvalue weighted by Gasteiger charge is 2.14. The minimum atomic E-state index is -0.184. The van der Waals surface area contributed by atoms with E-state index in [2.05, 4.69) is 35.3 Å². The fourth-order valence-electron chi connectivity index (χ4n) is 2.98. The monoisotopic (exact) mass is 284 g/mol. The van der Waals surface area contributed by atoms with Crippen LogP contribution in [0.5, 0.6) is 0 Å². The Bertz CT molecular complexity index is 607. The van der Waals surface area contributed by atoms with Gasteiger partial charge in [-0.2, -0.15) is 0 Å². The molecule has 0 saturated carbocycles. The second kappa shape index (κ2) is 6.17. The molecular weight excluding hydrogens is 263 g/mol. The van der Waals surface area contributed by atoms with Crippen LogP contribution >= 0.6 is 0 Å². The minimum absolute atomic E-state index is 0.184. The van der Waals surface area contributed by atoms with Gasteiger partial charge in [-0.15, -0.1) is 0 Å². The first kappa shape index (κ1) is 13.9. The molecule has 1 aliphatic rings. The van der Waals surface area contributed by atoms with Crippen molar-refractivity contribution in [2.24, 2.45) is 0 Å². The lowest BCUT2D eigenvalue weighted by molar-refractivity contribution is 0.627. The third-order valence-electron chi connectivity index (χ3n) is 4.13. The summed E-state index contributed by atoms with van der Waals surface area (Å²) >= 11 is 0. The fraction of sp³-hybridized carbons (Fsp3) is 0.333. The Kier molecular flexibility index (Phi) is 4.09. The van der Waals surface area contributed by atoms with Crippen LogP contribution in [0.4, 0.5) is 15.8 Å². The van der Waals surface area contributed by atoms with Crippen molar-refractivity contribution in [3.8, 4) is 0 Å². The van der Waals surface area contributed by atoms with E-state index in [1.54, 1.807) is 0 Å². The van der Waals surface area contributed by atoms with Crippen LogP contribution in [0.25, 0.3) is 0 Å². The third-order valence-corrected chi connectivity index (χ3v) is 4.13. The molecule has 0 aliphatic carbocycles. The highest BCUT2D eigenvalue weighted by molar-refractivity contribution is 5.57. The summed E-state index contributed by atoms with van der Waals surface area (Å²) in [7, 11) is 0. The first-order valence-electron chi connectivity index (χ1n) is 7.63. The van der Waals surface area contributed by atoms with E-state index in [0.717, 1.165) is 31.7 Å². The highest BCUT2D eigenvalue weighted by Crippen LogP contribution is 2.27. The average molecular weight is 284 g/mol. The zero-order valence-electron chi connectivity index (χ0n) is 12.4. The number of rotatable bonds is 4. The molecular formula is C18H21FN2. The Morgan fingerprint density at radius 3 is 2.71 bits per heavy atom. The Hall–Kier alpha value is -2.03. The van der Waals surface area contributed by atoms with Crippen LogP contribution in [0.1, 0.15) is 24.5 Å². The van der Waals surface area contributed by atoms with Crippen LogP contribution in [0.15, 0.2) is 42.5 Å². The smallest absolute Gasteiger partial charge is 0.123 e. The molecule has 1 N–H and O–H groups in total. The Morgan fingerprint density at radius 1 is 1.14 bits per heavy atom.